The number of rotatable bonds is 4. The fourth-order valence-electron chi connectivity index (χ4n) is 2.29. The summed E-state index contributed by atoms with van der Waals surface area (Å²) in [6.07, 6.45) is 6.34. The highest BCUT2D eigenvalue weighted by Crippen LogP contribution is 2.47. The van der Waals surface area contributed by atoms with Gasteiger partial charge in [0, 0.05) is 24.4 Å². The molecule has 5 heteroatoms. The first-order valence-corrected chi connectivity index (χ1v) is 6.50. The largest absolute Gasteiger partial charge is 0.350 e. The van der Waals surface area contributed by atoms with Gasteiger partial charge in [-0.2, -0.15) is 0 Å². The van der Waals surface area contributed by atoms with Gasteiger partial charge in [-0.05, 0) is 30.5 Å². The molecule has 1 amide bonds. The molecular weight excluding hydrogens is 257 g/mol. The maximum absolute atomic E-state index is 13.3. The molecule has 0 spiro atoms. The Kier molecular flexibility index (Phi) is 3.18. The zero-order valence-electron chi connectivity index (χ0n) is 10.8. The average Bonchev–Trinajstić information content (AvgIpc) is 3.27. The second kappa shape index (κ2) is 5.00. The normalized spacial score (nSPS) is 15.7. The smallest absolute Gasteiger partial charge is 0.271 e. The number of benzene rings is 1. The number of aromatic nitrogens is 2. The van der Waals surface area contributed by atoms with Gasteiger partial charge in [-0.25, -0.2) is 9.37 Å². The summed E-state index contributed by atoms with van der Waals surface area (Å²) in [5.74, 6) is -0.491. The third kappa shape index (κ3) is 2.52. The molecule has 0 radical (unpaired) electrons. The van der Waals surface area contributed by atoms with Gasteiger partial charge >= 0.3 is 0 Å². The van der Waals surface area contributed by atoms with Gasteiger partial charge in [-0.15, -0.1) is 0 Å². The quantitative estimate of drug-likeness (QED) is 0.926. The predicted molar refractivity (Wildman–Crippen MR) is 71.7 cm³/mol. The third-order valence-corrected chi connectivity index (χ3v) is 3.67. The molecule has 0 aliphatic heterocycles. The van der Waals surface area contributed by atoms with Crippen molar-refractivity contribution in [2.24, 2.45) is 0 Å². The zero-order valence-corrected chi connectivity index (χ0v) is 10.8. The monoisotopic (exact) mass is 271 g/mol. The van der Waals surface area contributed by atoms with Crippen LogP contribution in [0.25, 0.3) is 0 Å². The minimum Gasteiger partial charge on any atom is -0.350 e. The summed E-state index contributed by atoms with van der Waals surface area (Å²) in [6, 6.07) is 6.58. The van der Waals surface area contributed by atoms with Crippen LogP contribution < -0.4 is 5.32 Å². The summed E-state index contributed by atoms with van der Waals surface area (Å²) in [5, 5.41) is 2.86. The summed E-state index contributed by atoms with van der Waals surface area (Å²) < 4.78 is 13.3. The fourth-order valence-corrected chi connectivity index (χ4v) is 2.29. The van der Waals surface area contributed by atoms with Crippen molar-refractivity contribution in [3.8, 4) is 0 Å². The van der Waals surface area contributed by atoms with Crippen molar-refractivity contribution in [1.82, 2.24) is 15.3 Å². The summed E-state index contributed by atoms with van der Waals surface area (Å²) in [7, 11) is 0. The van der Waals surface area contributed by atoms with Gasteiger partial charge in [0.25, 0.3) is 5.91 Å². The number of nitrogens with zero attached hydrogens (tertiary/aromatic N) is 2. The second-order valence-electron chi connectivity index (χ2n) is 5.06. The Labute approximate surface area is 116 Å². The van der Waals surface area contributed by atoms with E-state index < -0.39 is 0 Å². The lowest BCUT2D eigenvalue weighted by atomic mass is 9.96. The maximum Gasteiger partial charge on any atom is 0.271 e. The number of hydrogen-bond donors (Lipinski definition) is 1. The summed E-state index contributed by atoms with van der Waals surface area (Å²) in [4.78, 5) is 19.7. The first-order valence-electron chi connectivity index (χ1n) is 6.50. The molecule has 0 bridgehead atoms. The number of hydrogen-bond acceptors (Lipinski definition) is 3. The van der Waals surface area contributed by atoms with Crippen molar-refractivity contribution in [2.75, 3.05) is 6.54 Å². The third-order valence-electron chi connectivity index (χ3n) is 3.67. The highest BCUT2D eigenvalue weighted by molar-refractivity contribution is 5.91. The lowest BCUT2D eigenvalue weighted by Gasteiger charge is -2.16. The molecule has 0 saturated heterocycles. The molecule has 0 atom stereocenters. The van der Waals surface area contributed by atoms with Gasteiger partial charge in [-0.1, -0.05) is 12.1 Å². The second-order valence-corrected chi connectivity index (χ2v) is 5.06. The van der Waals surface area contributed by atoms with Crippen LogP contribution in [0.15, 0.2) is 42.9 Å². The minimum atomic E-state index is -0.249. The maximum atomic E-state index is 13.3. The lowest BCUT2D eigenvalue weighted by molar-refractivity contribution is 0.0944. The van der Waals surface area contributed by atoms with Crippen molar-refractivity contribution >= 4 is 5.91 Å². The van der Waals surface area contributed by atoms with Crippen molar-refractivity contribution < 1.29 is 9.18 Å². The van der Waals surface area contributed by atoms with Gasteiger partial charge in [0.2, 0.25) is 0 Å². The molecule has 0 unspecified atom stereocenters. The highest BCUT2D eigenvalue weighted by atomic mass is 19.1. The van der Waals surface area contributed by atoms with Gasteiger partial charge in [0.05, 0.1) is 6.20 Å². The molecule has 20 heavy (non-hydrogen) atoms. The molecule has 1 aromatic carbocycles. The minimum absolute atomic E-state index is 0.125. The summed E-state index contributed by atoms with van der Waals surface area (Å²) >= 11 is 0. The topological polar surface area (TPSA) is 54.9 Å². The Balaban J connectivity index is 1.68. The van der Waals surface area contributed by atoms with E-state index in [1.165, 1.54) is 24.7 Å². The van der Waals surface area contributed by atoms with Gasteiger partial charge < -0.3 is 5.32 Å². The van der Waals surface area contributed by atoms with Crippen LogP contribution in [0.2, 0.25) is 0 Å². The standard InChI is InChI=1S/C15H14FN3O/c16-12-3-1-2-11(8-12)15(4-5-15)10-19-14(20)13-9-17-6-7-18-13/h1-3,6-9H,4-5,10H2,(H,19,20). The zero-order chi connectivity index (χ0) is 14.0. The van der Waals surface area contributed by atoms with Crippen LogP contribution in [0.5, 0.6) is 0 Å². The molecule has 1 aliphatic carbocycles. The molecule has 1 aliphatic rings. The van der Waals surface area contributed by atoms with Crippen LogP contribution in [-0.4, -0.2) is 22.4 Å². The number of nitrogens with one attached hydrogen (secondary N) is 1. The molecule has 1 aromatic heterocycles. The van der Waals surface area contributed by atoms with Crippen LogP contribution in [0.3, 0.4) is 0 Å². The van der Waals surface area contributed by atoms with E-state index >= 15 is 0 Å². The Morgan fingerprint density at radius 1 is 1.35 bits per heavy atom. The van der Waals surface area contributed by atoms with E-state index in [2.05, 4.69) is 15.3 Å². The van der Waals surface area contributed by atoms with E-state index in [1.807, 2.05) is 6.07 Å². The van der Waals surface area contributed by atoms with Crippen LogP contribution in [0, 0.1) is 5.82 Å². The van der Waals surface area contributed by atoms with Crippen LogP contribution >= 0.6 is 0 Å². The SMILES string of the molecule is O=C(NCC1(c2cccc(F)c2)CC1)c1cnccn1. The Bertz CT molecular complexity index is 626. The first-order chi connectivity index (χ1) is 9.70. The molecule has 102 valence electrons. The van der Waals surface area contributed by atoms with Crippen LogP contribution in [0.4, 0.5) is 4.39 Å². The molecule has 3 rings (SSSR count). The number of halogens is 1. The first kappa shape index (κ1) is 12.7. The highest BCUT2D eigenvalue weighted by Gasteiger charge is 2.44. The molecule has 1 N–H and O–H groups in total. The molecule has 4 nitrogen and oxygen atoms in total. The summed E-state index contributed by atoms with van der Waals surface area (Å²) in [6.45, 7) is 0.492. The fraction of sp³-hybridized carbons (Fsp3) is 0.267. The van der Waals surface area contributed by atoms with Crippen molar-refractivity contribution in [3.05, 3.63) is 59.9 Å². The molecular formula is C15H14FN3O. The van der Waals surface area contributed by atoms with Crippen LogP contribution in [0.1, 0.15) is 28.9 Å². The van der Waals surface area contributed by atoms with Crippen LogP contribution in [-0.2, 0) is 5.41 Å². The van der Waals surface area contributed by atoms with E-state index in [4.69, 9.17) is 0 Å². The van der Waals surface area contributed by atoms with Crippen molar-refractivity contribution in [1.29, 1.82) is 0 Å². The van der Waals surface area contributed by atoms with Gasteiger partial charge in [-0.3, -0.25) is 9.78 Å². The van der Waals surface area contributed by atoms with Gasteiger partial charge in [0.15, 0.2) is 0 Å². The number of amides is 1. The van der Waals surface area contributed by atoms with Gasteiger partial charge in [0.1, 0.15) is 11.5 Å². The Morgan fingerprint density at radius 3 is 2.85 bits per heavy atom. The number of carbonyl (C=O) groups is 1. The Hall–Kier alpha value is -2.30. The van der Waals surface area contributed by atoms with E-state index in [-0.39, 0.29) is 17.1 Å². The molecule has 1 heterocycles. The molecule has 1 fully saturated rings. The average molecular weight is 271 g/mol. The predicted octanol–water partition coefficient (Wildman–Crippen LogP) is 2.08. The number of carbonyl (C=O) groups excluding carboxylic acids is 1. The van der Waals surface area contributed by atoms with E-state index in [9.17, 15) is 9.18 Å². The van der Waals surface area contributed by atoms with E-state index in [0.717, 1.165) is 18.4 Å². The molecule has 2 aromatic rings. The van der Waals surface area contributed by atoms with Crippen molar-refractivity contribution in [3.63, 3.8) is 0 Å². The lowest BCUT2D eigenvalue weighted by Crippen LogP contribution is -2.32. The van der Waals surface area contributed by atoms with E-state index in [0.29, 0.717) is 12.2 Å². The molecule has 1 saturated carbocycles. The Morgan fingerprint density at radius 2 is 2.20 bits per heavy atom. The van der Waals surface area contributed by atoms with E-state index in [1.54, 1.807) is 12.1 Å². The summed E-state index contributed by atoms with van der Waals surface area (Å²) in [5.41, 5.74) is 1.11. The van der Waals surface area contributed by atoms with Crippen molar-refractivity contribution in [2.45, 2.75) is 18.3 Å².